The lowest BCUT2D eigenvalue weighted by Gasteiger charge is -2.26. The minimum atomic E-state index is 0.200. The van der Waals surface area contributed by atoms with Crippen LogP contribution in [0.3, 0.4) is 0 Å². The van der Waals surface area contributed by atoms with Crippen molar-refractivity contribution < 1.29 is 19.0 Å². The summed E-state index contributed by atoms with van der Waals surface area (Å²) in [6, 6.07) is 16.0. The molecule has 3 heterocycles. The second kappa shape index (κ2) is 10.3. The van der Waals surface area contributed by atoms with Gasteiger partial charge >= 0.3 is 0 Å². The summed E-state index contributed by atoms with van der Waals surface area (Å²) in [4.78, 5) is 14.3. The topological polar surface area (TPSA) is 78.7 Å². The number of benzene rings is 2. The Hall–Kier alpha value is -3.04. The van der Waals surface area contributed by atoms with Crippen molar-refractivity contribution in [3.05, 3.63) is 54.1 Å². The van der Waals surface area contributed by atoms with Gasteiger partial charge in [0, 0.05) is 30.8 Å². The summed E-state index contributed by atoms with van der Waals surface area (Å²) in [5, 5.41) is 9.80. The minimum Gasteiger partial charge on any atom is -0.454 e. The van der Waals surface area contributed by atoms with Gasteiger partial charge in [0.2, 0.25) is 12.7 Å². The van der Waals surface area contributed by atoms with E-state index in [0.717, 1.165) is 45.8 Å². The number of aromatic nitrogens is 3. The third-order valence-electron chi connectivity index (χ3n) is 5.66. The van der Waals surface area contributed by atoms with Gasteiger partial charge < -0.3 is 19.1 Å². The number of hydrogen-bond donors (Lipinski definition) is 0. The summed E-state index contributed by atoms with van der Waals surface area (Å²) in [6.45, 7) is 3.51. The molecule has 0 aliphatic carbocycles. The number of ether oxygens (including phenoxy) is 3. The molecule has 0 saturated carbocycles. The van der Waals surface area contributed by atoms with Crippen LogP contribution in [0.25, 0.3) is 11.4 Å². The van der Waals surface area contributed by atoms with Crippen LogP contribution >= 0.6 is 11.8 Å². The monoisotopic (exact) mass is 466 g/mol. The molecule has 2 aromatic carbocycles. The molecule has 0 N–H and O–H groups in total. The maximum Gasteiger partial charge on any atom is 0.231 e. The summed E-state index contributed by atoms with van der Waals surface area (Å²) in [5.74, 6) is 3.35. The van der Waals surface area contributed by atoms with Crippen molar-refractivity contribution in [3.8, 4) is 22.9 Å². The molecule has 0 atom stereocenters. The van der Waals surface area contributed by atoms with Crippen LogP contribution in [0.5, 0.6) is 11.5 Å². The average Bonchev–Trinajstić information content (AvgIpc) is 3.49. The Kier molecular flexibility index (Phi) is 6.78. The van der Waals surface area contributed by atoms with Gasteiger partial charge in [0.25, 0.3) is 0 Å². The normalized spacial score (nSPS) is 15.1. The molecule has 1 amide bonds. The quantitative estimate of drug-likeness (QED) is 0.372. The molecule has 2 aliphatic heterocycles. The molecular formula is C24H26N4O4S. The Balaban J connectivity index is 1.28. The number of fused-ring (bicyclic) bond motifs is 1. The first kappa shape index (κ1) is 21.8. The van der Waals surface area contributed by atoms with Crippen LogP contribution in [-0.2, 0) is 16.1 Å². The molecule has 0 spiro atoms. The van der Waals surface area contributed by atoms with E-state index in [9.17, 15) is 4.79 Å². The molecule has 5 rings (SSSR count). The summed E-state index contributed by atoms with van der Waals surface area (Å²) >= 11 is 1.63. The van der Waals surface area contributed by atoms with E-state index in [1.807, 2.05) is 53.4 Å². The summed E-state index contributed by atoms with van der Waals surface area (Å²) < 4.78 is 18.4. The van der Waals surface area contributed by atoms with Crippen LogP contribution in [0.2, 0.25) is 0 Å². The molecular weight excluding hydrogens is 440 g/mol. The van der Waals surface area contributed by atoms with Gasteiger partial charge in [0.05, 0.1) is 19.8 Å². The molecule has 33 heavy (non-hydrogen) atoms. The zero-order chi connectivity index (χ0) is 22.5. The largest absolute Gasteiger partial charge is 0.454 e. The first-order valence-electron chi connectivity index (χ1n) is 11.1. The van der Waals surface area contributed by atoms with E-state index >= 15 is 0 Å². The summed E-state index contributed by atoms with van der Waals surface area (Å²) in [7, 11) is 0. The highest BCUT2D eigenvalue weighted by atomic mass is 32.2. The standard InChI is InChI=1S/C24H26N4O4S/c29-22(27-10-12-30-13-11-27)7-4-14-33-24-26-25-23(19-5-2-1-3-6-19)28(24)16-18-8-9-20-21(15-18)32-17-31-20/h1-3,5-6,8-9,15H,4,7,10-14,16-17H2. The molecule has 0 radical (unpaired) electrons. The van der Waals surface area contributed by atoms with Crippen molar-refractivity contribution in [1.29, 1.82) is 0 Å². The van der Waals surface area contributed by atoms with Gasteiger partial charge in [0.15, 0.2) is 22.5 Å². The van der Waals surface area contributed by atoms with Crippen molar-refractivity contribution in [2.45, 2.75) is 24.5 Å². The van der Waals surface area contributed by atoms with E-state index in [0.29, 0.717) is 39.3 Å². The molecule has 1 fully saturated rings. The van der Waals surface area contributed by atoms with Gasteiger partial charge in [-0.3, -0.25) is 9.36 Å². The number of carbonyl (C=O) groups is 1. The molecule has 0 unspecified atom stereocenters. The predicted octanol–water partition coefficient (Wildman–Crippen LogP) is 3.45. The lowest BCUT2D eigenvalue weighted by molar-refractivity contribution is -0.135. The molecule has 1 aromatic heterocycles. The van der Waals surface area contributed by atoms with Crippen molar-refractivity contribution >= 4 is 17.7 Å². The number of carbonyl (C=O) groups excluding carboxylic acids is 1. The third-order valence-corrected chi connectivity index (χ3v) is 6.71. The van der Waals surface area contributed by atoms with Crippen molar-refractivity contribution in [2.24, 2.45) is 0 Å². The van der Waals surface area contributed by atoms with Crippen LogP contribution in [0.15, 0.2) is 53.7 Å². The van der Waals surface area contributed by atoms with Crippen molar-refractivity contribution in [2.75, 3.05) is 38.8 Å². The van der Waals surface area contributed by atoms with Crippen molar-refractivity contribution in [3.63, 3.8) is 0 Å². The van der Waals surface area contributed by atoms with Crippen LogP contribution < -0.4 is 9.47 Å². The smallest absolute Gasteiger partial charge is 0.231 e. The van der Waals surface area contributed by atoms with Crippen LogP contribution in [0.1, 0.15) is 18.4 Å². The van der Waals surface area contributed by atoms with E-state index in [4.69, 9.17) is 14.2 Å². The fourth-order valence-electron chi connectivity index (χ4n) is 3.92. The molecule has 1 saturated heterocycles. The second-order valence-corrected chi connectivity index (χ2v) is 8.95. The third kappa shape index (κ3) is 5.15. The van der Waals surface area contributed by atoms with Gasteiger partial charge in [-0.2, -0.15) is 0 Å². The summed E-state index contributed by atoms with van der Waals surface area (Å²) in [5.41, 5.74) is 2.10. The minimum absolute atomic E-state index is 0.200. The van der Waals surface area contributed by atoms with Gasteiger partial charge in [0.1, 0.15) is 0 Å². The highest BCUT2D eigenvalue weighted by Gasteiger charge is 2.19. The Morgan fingerprint density at radius 2 is 1.82 bits per heavy atom. The molecule has 2 aliphatic rings. The zero-order valence-corrected chi connectivity index (χ0v) is 19.1. The molecule has 0 bridgehead atoms. The summed E-state index contributed by atoms with van der Waals surface area (Å²) in [6.07, 6.45) is 1.33. The Labute approximate surface area is 196 Å². The maximum atomic E-state index is 12.4. The maximum absolute atomic E-state index is 12.4. The molecule has 172 valence electrons. The fraction of sp³-hybridized carbons (Fsp3) is 0.375. The number of amides is 1. The highest BCUT2D eigenvalue weighted by Crippen LogP contribution is 2.33. The van der Waals surface area contributed by atoms with Crippen LogP contribution in [0.4, 0.5) is 0 Å². The first-order valence-corrected chi connectivity index (χ1v) is 12.1. The second-order valence-electron chi connectivity index (χ2n) is 7.89. The molecule has 8 nitrogen and oxygen atoms in total. The highest BCUT2D eigenvalue weighted by molar-refractivity contribution is 7.99. The van der Waals surface area contributed by atoms with Crippen LogP contribution in [-0.4, -0.2) is 64.4 Å². The molecule has 9 heteroatoms. The number of morpholine rings is 1. The number of rotatable bonds is 8. The van der Waals surface area contributed by atoms with E-state index in [-0.39, 0.29) is 12.7 Å². The van der Waals surface area contributed by atoms with E-state index in [2.05, 4.69) is 14.8 Å². The van der Waals surface area contributed by atoms with E-state index < -0.39 is 0 Å². The van der Waals surface area contributed by atoms with Gasteiger partial charge in [-0.25, -0.2) is 0 Å². The van der Waals surface area contributed by atoms with Crippen LogP contribution in [0, 0.1) is 0 Å². The Morgan fingerprint density at radius 3 is 2.67 bits per heavy atom. The average molecular weight is 467 g/mol. The van der Waals surface area contributed by atoms with E-state index in [1.54, 1.807) is 11.8 Å². The van der Waals surface area contributed by atoms with Gasteiger partial charge in [-0.15, -0.1) is 10.2 Å². The Morgan fingerprint density at radius 1 is 1.00 bits per heavy atom. The number of hydrogen-bond acceptors (Lipinski definition) is 7. The zero-order valence-electron chi connectivity index (χ0n) is 18.3. The fourth-order valence-corrected chi connectivity index (χ4v) is 4.80. The lowest BCUT2D eigenvalue weighted by atomic mass is 10.2. The van der Waals surface area contributed by atoms with E-state index in [1.165, 1.54) is 0 Å². The molecule has 3 aromatic rings. The predicted molar refractivity (Wildman–Crippen MR) is 124 cm³/mol. The van der Waals surface area contributed by atoms with Crippen molar-refractivity contribution in [1.82, 2.24) is 19.7 Å². The SMILES string of the molecule is O=C(CCCSc1nnc(-c2ccccc2)n1Cc1ccc2c(c1)OCO2)N1CCOCC1. The first-order chi connectivity index (χ1) is 16.3. The van der Waals surface area contributed by atoms with Gasteiger partial charge in [-0.05, 0) is 24.1 Å². The Bertz CT molecular complexity index is 1100. The number of nitrogens with zero attached hydrogens (tertiary/aromatic N) is 4. The van der Waals surface area contributed by atoms with Gasteiger partial charge in [-0.1, -0.05) is 48.2 Å². The number of thioether (sulfide) groups is 1. The lowest BCUT2D eigenvalue weighted by Crippen LogP contribution is -2.40.